The van der Waals surface area contributed by atoms with E-state index < -0.39 is 0 Å². The molecule has 2 aromatic heterocycles. The molecule has 9 nitrogen and oxygen atoms in total. The fraction of sp³-hybridized carbons (Fsp3) is 0.455. The van der Waals surface area contributed by atoms with Gasteiger partial charge in [-0.3, -0.25) is 9.48 Å². The van der Waals surface area contributed by atoms with E-state index in [2.05, 4.69) is 22.5 Å². The van der Waals surface area contributed by atoms with Crippen molar-refractivity contribution in [2.75, 3.05) is 12.1 Å². The average Bonchev–Trinajstić information content (AvgIpc) is 3.02. The molecule has 1 aliphatic rings. The summed E-state index contributed by atoms with van der Waals surface area (Å²) in [5.74, 6) is 0.661. The Morgan fingerprint density at radius 1 is 1.32 bits per heavy atom. The van der Waals surface area contributed by atoms with Gasteiger partial charge in [0.15, 0.2) is 5.52 Å². The number of aryl methyl sites for hydroxylation is 2. The van der Waals surface area contributed by atoms with E-state index in [4.69, 9.17) is 14.6 Å². The monoisotopic (exact) mass is 425 g/mol. The Morgan fingerprint density at radius 3 is 2.81 bits per heavy atom. The molecule has 1 aliphatic carbocycles. The molecule has 0 bridgehead atoms. The number of carbonyl (C=O) groups excluding carboxylic acids is 1. The lowest BCUT2D eigenvalue weighted by Crippen LogP contribution is -2.26. The Balaban J connectivity index is 1.72. The van der Waals surface area contributed by atoms with Gasteiger partial charge < -0.3 is 14.6 Å². The molecule has 3 aromatic rings. The summed E-state index contributed by atoms with van der Waals surface area (Å²) >= 11 is 0. The third-order valence-electron chi connectivity index (χ3n) is 5.49. The Bertz CT molecular complexity index is 1160. The third-order valence-corrected chi connectivity index (χ3v) is 5.49. The zero-order valence-corrected chi connectivity index (χ0v) is 18.0. The molecule has 4 rings (SSSR count). The number of aromatic nitrogens is 4. The van der Waals surface area contributed by atoms with Crippen molar-refractivity contribution in [2.24, 2.45) is 13.0 Å². The van der Waals surface area contributed by atoms with Crippen LogP contribution in [-0.2, 0) is 23.1 Å². The van der Waals surface area contributed by atoms with E-state index >= 15 is 0 Å². The average molecular weight is 425 g/mol. The maximum Gasteiger partial charge on any atom is 0.335 e. The fourth-order valence-corrected chi connectivity index (χ4v) is 3.68. The number of aromatic amines is 1. The minimum Gasteiger partial charge on any atom is -0.493 e. The first-order valence-corrected chi connectivity index (χ1v) is 10.7. The van der Waals surface area contributed by atoms with Gasteiger partial charge in [0.05, 0.1) is 29.5 Å². The van der Waals surface area contributed by atoms with Crippen LogP contribution in [0.4, 0.5) is 5.69 Å². The first kappa shape index (κ1) is 20.9. The minimum atomic E-state index is -0.269. The molecule has 0 unspecified atom stereocenters. The van der Waals surface area contributed by atoms with Crippen molar-refractivity contribution in [3.63, 3.8) is 0 Å². The summed E-state index contributed by atoms with van der Waals surface area (Å²) in [4.78, 5) is 37.7. The second-order valence-corrected chi connectivity index (χ2v) is 7.73. The SMILES string of the molecule is CCCc1nn(C)c2c(=O)[nH]c(-c3cc(NOC(=O)C4CCC4)ccc3OCC)nc12. The molecule has 0 spiro atoms. The number of benzene rings is 1. The van der Waals surface area contributed by atoms with E-state index in [9.17, 15) is 9.59 Å². The smallest absolute Gasteiger partial charge is 0.335 e. The number of fused-ring (bicyclic) bond motifs is 1. The highest BCUT2D eigenvalue weighted by Gasteiger charge is 2.27. The van der Waals surface area contributed by atoms with Crippen LogP contribution in [0, 0.1) is 5.92 Å². The van der Waals surface area contributed by atoms with Crippen LogP contribution in [0.5, 0.6) is 5.75 Å². The van der Waals surface area contributed by atoms with E-state index in [1.165, 1.54) is 0 Å². The van der Waals surface area contributed by atoms with Gasteiger partial charge in [0.25, 0.3) is 5.56 Å². The van der Waals surface area contributed by atoms with E-state index in [1.807, 2.05) is 6.92 Å². The van der Waals surface area contributed by atoms with Crippen molar-refractivity contribution in [3.05, 3.63) is 34.2 Å². The van der Waals surface area contributed by atoms with Gasteiger partial charge in [0, 0.05) is 7.05 Å². The van der Waals surface area contributed by atoms with E-state index in [1.54, 1.807) is 29.9 Å². The van der Waals surface area contributed by atoms with Crippen LogP contribution in [0.1, 0.15) is 45.2 Å². The number of rotatable bonds is 8. The van der Waals surface area contributed by atoms with Crippen molar-refractivity contribution < 1.29 is 14.4 Å². The van der Waals surface area contributed by atoms with Gasteiger partial charge in [-0.2, -0.15) is 5.10 Å². The standard InChI is InChI=1S/C22H27N5O4/c1-4-7-16-18-19(27(3)25-16)21(28)24-20(23-18)15-12-14(10-11-17(15)30-5-2)26-31-22(29)13-8-6-9-13/h10-13,26H,4-9H2,1-3H3,(H,23,24,28). The summed E-state index contributed by atoms with van der Waals surface area (Å²) in [6, 6.07) is 5.27. The molecule has 0 saturated heterocycles. The molecule has 2 heterocycles. The molecule has 1 saturated carbocycles. The van der Waals surface area contributed by atoms with E-state index in [0.29, 0.717) is 40.5 Å². The molecule has 0 aliphatic heterocycles. The molecule has 1 fully saturated rings. The number of hydrogen-bond acceptors (Lipinski definition) is 7. The third kappa shape index (κ3) is 4.12. The second-order valence-electron chi connectivity index (χ2n) is 7.73. The number of H-pyrrole nitrogens is 1. The lowest BCUT2D eigenvalue weighted by molar-refractivity contribution is -0.148. The Morgan fingerprint density at radius 2 is 2.13 bits per heavy atom. The highest BCUT2D eigenvalue weighted by atomic mass is 16.7. The molecular formula is C22H27N5O4. The van der Waals surface area contributed by atoms with Crippen LogP contribution in [0.25, 0.3) is 22.4 Å². The Labute approximate surface area is 179 Å². The lowest BCUT2D eigenvalue weighted by Gasteiger charge is -2.23. The molecule has 0 amide bonds. The van der Waals surface area contributed by atoms with E-state index in [-0.39, 0.29) is 17.4 Å². The fourth-order valence-electron chi connectivity index (χ4n) is 3.68. The van der Waals surface area contributed by atoms with Gasteiger partial charge >= 0.3 is 5.97 Å². The molecule has 164 valence electrons. The van der Waals surface area contributed by atoms with Crippen LogP contribution in [0.3, 0.4) is 0 Å². The molecule has 1 aromatic carbocycles. The number of nitrogens with zero attached hydrogens (tertiary/aromatic N) is 3. The minimum absolute atomic E-state index is 0.0299. The quantitative estimate of drug-likeness (QED) is 0.532. The zero-order valence-electron chi connectivity index (χ0n) is 18.0. The second kappa shape index (κ2) is 8.79. The largest absolute Gasteiger partial charge is 0.493 e. The Kier molecular flexibility index (Phi) is 5.92. The summed E-state index contributed by atoms with van der Waals surface area (Å²) < 4.78 is 7.32. The predicted octanol–water partition coefficient (Wildman–Crippen LogP) is 3.35. The maximum atomic E-state index is 12.8. The first-order valence-electron chi connectivity index (χ1n) is 10.7. The van der Waals surface area contributed by atoms with Gasteiger partial charge in [0.1, 0.15) is 17.1 Å². The number of ether oxygens (including phenoxy) is 1. The Hall–Kier alpha value is -3.36. The van der Waals surface area contributed by atoms with Crippen LogP contribution >= 0.6 is 0 Å². The van der Waals surface area contributed by atoms with Gasteiger partial charge in [-0.25, -0.2) is 15.3 Å². The number of nitrogens with one attached hydrogen (secondary N) is 2. The van der Waals surface area contributed by atoms with Gasteiger partial charge in [-0.1, -0.05) is 19.8 Å². The van der Waals surface area contributed by atoms with Crippen LogP contribution in [-0.4, -0.2) is 32.3 Å². The first-order chi connectivity index (χ1) is 15.0. The molecule has 2 N–H and O–H groups in total. The zero-order chi connectivity index (χ0) is 22.0. The normalized spacial score (nSPS) is 13.8. The highest BCUT2D eigenvalue weighted by Crippen LogP contribution is 2.32. The molecule has 0 atom stereocenters. The van der Waals surface area contributed by atoms with E-state index in [0.717, 1.165) is 37.8 Å². The number of anilines is 1. The summed E-state index contributed by atoms with van der Waals surface area (Å²) in [5.41, 5.74) is 5.42. The van der Waals surface area contributed by atoms with Crippen LogP contribution in [0.2, 0.25) is 0 Å². The summed E-state index contributed by atoms with van der Waals surface area (Å²) in [7, 11) is 1.74. The lowest BCUT2D eigenvalue weighted by atomic mass is 9.86. The topological polar surface area (TPSA) is 111 Å². The van der Waals surface area contributed by atoms with Crippen LogP contribution in [0.15, 0.2) is 23.0 Å². The van der Waals surface area contributed by atoms with Crippen LogP contribution < -0.4 is 15.8 Å². The van der Waals surface area contributed by atoms with Crippen molar-refractivity contribution in [2.45, 2.75) is 46.0 Å². The maximum absolute atomic E-state index is 12.8. The highest BCUT2D eigenvalue weighted by molar-refractivity contribution is 5.80. The molecule has 31 heavy (non-hydrogen) atoms. The van der Waals surface area contributed by atoms with Gasteiger partial charge in [-0.05, 0) is 44.4 Å². The van der Waals surface area contributed by atoms with Gasteiger partial charge in [-0.15, -0.1) is 0 Å². The van der Waals surface area contributed by atoms with Gasteiger partial charge in [0.2, 0.25) is 0 Å². The van der Waals surface area contributed by atoms with Crippen molar-refractivity contribution in [1.82, 2.24) is 19.7 Å². The number of hydrogen-bond donors (Lipinski definition) is 2. The molecular weight excluding hydrogens is 398 g/mol. The summed E-state index contributed by atoms with van der Waals surface area (Å²) in [5, 5.41) is 4.46. The van der Waals surface area contributed by atoms with Crippen molar-refractivity contribution >= 4 is 22.7 Å². The summed E-state index contributed by atoms with van der Waals surface area (Å²) in [6.45, 7) is 4.40. The number of carbonyl (C=O) groups is 1. The summed E-state index contributed by atoms with van der Waals surface area (Å²) in [6.07, 6.45) is 4.41. The predicted molar refractivity (Wildman–Crippen MR) is 117 cm³/mol. The van der Waals surface area contributed by atoms with Crippen molar-refractivity contribution in [1.29, 1.82) is 0 Å². The molecule has 0 radical (unpaired) electrons. The van der Waals surface area contributed by atoms with Crippen molar-refractivity contribution in [3.8, 4) is 17.1 Å². The molecule has 9 heteroatoms.